The van der Waals surface area contributed by atoms with Crippen molar-refractivity contribution in [3.05, 3.63) is 70.8 Å². The van der Waals surface area contributed by atoms with Crippen LogP contribution in [0.15, 0.2) is 48.5 Å². The summed E-state index contributed by atoms with van der Waals surface area (Å²) in [6.45, 7) is 4.46. The monoisotopic (exact) mass is 548 g/mol. The topological polar surface area (TPSA) is 0 Å². The van der Waals surface area contributed by atoms with Crippen molar-refractivity contribution in [3.8, 4) is 0 Å². The van der Waals surface area contributed by atoms with Gasteiger partial charge in [-0.2, -0.15) is 0 Å². The van der Waals surface area contributed by atoms with E-state index in [1.165, 1.54) is 47.9 Å². The van der Waals surface area contributed by atoms with E-state index in [1.54, 1.807) is 0 Å². The summed E-state index contributed by atoms with van der Waals surface area (Å²) in [5, 5.41) is 0. The molecule has 5 heteroatoms. The molecular formula is C22H26S4Te. The predicted octanol–water partition coefficient (Wildman–Crippen LogP) is 7.42. The van der Waals surface area contributed by atoms with Crippen molar-refractivity contribution in [2.75, 3.05) is 0 Å². The van der Waals surface area contributed by atoms with Gasteiger partial charge in [-0.1, -0.05) is 0 Å². The Morgan fingerprint density at radius 1 is 0.704 bits per heavy atom. The third-order valence-corrected chi connectivity index (χ3v) is 14.9. The van der Waals surface area contributed by atoms with E-state index in [2.05, 4.69) is 62.4 Å². The third-order valence-electron chi connectivity index (χ3n) is 4.24. The Morgan fingerprint density at radius 3 is 1.41 bits per heavy atom. The fourth-order valence-corrected chi connectivity index (χ4v) is 13.0. The molecule has 2 aromatic rings. The number of aryl methyl sites for hydroxylation is 2. The molecule has 0 atom stereocenters. The average molecular weight is 546 g/mol. The summed E-state index contributed by atoms with van der Waals surface area (Å²) in [6, 6.07) is 17.6. The van der Waals surface area contributed by atoms with Crippen LogP contribution in [0.4, 0.5) is 0 Å². The molecular weight excluding hydrogens is 520 g/mol. The van der Waals surface area contributed by atoms with Crippen LogP contribution in [0, 0.1) is 0 Å². The second kappa shape index (κ2) is 13.4. The summed E-state index contributed by atoms with van der Waals surface area (Å²) in [5.41, 5.74) is 5.16. The van der Waals surface area contributed by atoms with E-state index >= 15 is 0 Å². The Labute approximate surface area is 190 Å². The molecule has 0 heterocycles. The standard InChI is InChI=1S/C22H26S4Te/c1-3-5-7-17-9-13-19(14-10-17)21(23)25-27-26-22(24)20-15-11-18(12-16-20)8-6-4-2/h9-16H,3-8H2,1-2H3. The molecule has 2 rings (SSSR count). The van der Waals surface area contributed by atoms with Crippen molar-refractivity contribution in [2.24, 2.45) is 0 Å². The van der Waals surface area contributed by atoms with Gasteiger partial charge < -0.3 is 0 Å². The Balaban J connectivity index is 1.77. The van der Waals surface area contributed by atoms with Gasteiger partial charge in [0.2, 0.25) is 0 Å². The molecule has 144 valence electrons. The van der Waals surface area contributed by atoms with Gasteiger partial charge in [0, 0.05) is 0 Å². The maximum atomic E-state index is 5.62. The molecule has 0 unspecified atom stereocenters. The van der Waals surface area contributed by atoms with Crippen LogP contribution in [0.2, 0.25) is 0 Å². The van der Waals surface area contributed by atoms with Gasteiger partial charge in [0.25, 0.3) is 0 Å². The molecule has 0 nitrogen and oxygen atoms in total. The molecule has 27 heavy (non-hydrogen) atoms. The zero-order valence-corrected chi connectivity index (χ0v) is 21.5. The minimum atomic E-state index is -0.382. The predicted molar refractivity (Wildman–Crippen MR) is 134 cm³/mol. The minimum absolute atomic E-state index is 0.382. The molecule has 0 bridgehead atoms. The Bertz CT molecular complexity index is 659. The second-order valence-corrected chi connectivity index (χ2v) is 15.8. The summed E-state index contributed by atoms with van der Waals surface area (Å²) >= 11 is 10.9. The first-order valence-electron chi connectivity index (χ1n) is 9.41. The van der Waals surface area contributed by atoms with E-state index in [9.17, 15) is 0 Å². The molecule has 0 spiro atoms. The van der Waals surface area contributed by atoms with E-state index in [0.29, 0.717) is 0 Å². The van der Waals surface area contributed by atoms with Gasteiger partial charge in [-0.3, -0.25) is 0 Å². The van der Waals surface area contributed by atoms with Gasteiger partial charge >= 0.3 is 192 Å². The van der Waals surface area contributed by atoms with Crippen molar-refractivity contribution in [1.29, 1.82) is 0 Å². The fraction of sp³-hybridized carbons (Fsp3) is 0.364. The van der Waals surface area contributed by atoms with Crippen molar-refractivity contribution in [2.45, 2.75) is 52.4 Å². The number of benzene rings is 2. The van der Waals surface area contributed by atoms with Crippen molar-refractivity contribution < 1.29 is 0 Å². The van der Waals surface area contributed by atoms with E-state index in [0.717, 1.165) is 21.2 Å². The zero-order valence-electron chi connectivity index (χ0n) is 15.9. The average Bonchev–Trinajstić information content (AvgIpc) is 2.71. The second-order valence-electron chi connectivity index (χ2n) is 6.41. The van der Waals surface area contributed by atoms with Crippen LogP contribution >= 0.6 is 42.4 Å². The van der Waals surface area contributed by atoms with Gasteiger partial charge in [0.15, 0.2) is 0 Å². The molecule has 0 saturated carbocycles. The Hall–Kier alpha value is 0.110. The fourth-order valence-electron chi connectivity index (χ4n) is 2.55. The first-order chi connectivity index (χ1) is 13.1. The molecule has 0 saturated heterocycles. The molecule has 0 fully saturated rings. The molecule has 0 aliphatic rings. The van der Waals surface area contributed by atoms with Crippen molar-refractivity contribution in [1.82, 2.24) is 0 Å². The van der Waals surface area contributed by atoms with Crippen LogP contribution in [-0.2, 0) is 12.8 Å². The zero-order chi connectivity index (χ0) is 19.5. The first-order valence-corrected chi connectivity index (χ1v) is 17.4. The summed E-state index contributed by atoms with van der Waals surface area (Å²) in [6.07, 6.45) is 7.29. The molecule has 2 aromatic carbocycles. The molecule has 0 aliphatic carbocycles. The van der Waals surface area contributed by atoms with E-state index in [4.69, 9.17) is 24.4 Å². The third kappa shape index (κ3) is 8.56. The summed E-state index contributed by atoms with van der Waals surface area (Å²) < 4.78 is 2.01. The Kier molecular flexibility index (Phi) is 11.6. The summed E-state index contributed by atoms with van der Waals surface area (Å²) in [7, 11) is 3.65. The van der Waals surface area contributed by atoms with Gasteiger partial charge in [-0.25, -0.2) is 0 Å². The van der Waals surface area contributed by atoms with Gasteiger partial charge in [0.05, 0.1) is 0 Å². The first kappa shape index (κ1) is 23.4. The maximum absolute atomic E-state index is 5.62. The Morgan fingerprint density at radius 2 is 1.07 bits per heavy atom. The number of rotatable bonds is 10. The number of thiocarbonyl (C=S) groups is 2. The van der Waals surface area contributed by atoms with Crippen LogP contribution < -0.4 is 0 Å². The van der Waals surface area contributed by atoms with Gasteiger partial charge in [-0.05, 0) is 0 Å². The van der Waals surface area contributed by atoms with Gasteiger partial charge in [0.1, 0.15) is 0 Å². The van der Waals surface area contributed by atoms with Crippen LogP contribution in [0.1, 0.15) is 61.8 Å². The molecule has 0 amide bonds. The van der Waals surface area contributed by atoms with Crippen LogP contribution in [0.5, 0.6) is 0 Å². The number of unbranched alkanes of at least 4 members (excludes halogenated alkanes) is 2. The normalized spacial score (nSPS) is 10.7. The molecule has 0 radical (unpaired) electrons. The van der Waals surface area contributed by atoms with Gasteiger partial charge in [-0.15, -0.1) is 0 Å². The molecule has 0 N–H and O–H groups in total. The number of hydrogen-bond donors (Lipinski definition) is 0. The quantitative estimate of drug-likeness (QED) is 0.225. The van der Waals surface area contributed by atoms with E-state index in [1.807, 2.05) is 18.0 Å². The SMILES string of the molecule is CCCCc1ccc(C(=S)S[Te]SC(=S)c2ccc(CCCC)cc2)cc1. The van der Waals surface area contributed by atoms with Crippen molar-refractivity contribution in [3.63, 3.8) is 0 Å². The summed E-state index contributed by atoms with van der Waals surface area (Å²) in [4.78, 5) is 0. The van der Waals surface area contributed by atoms with Crippen LogP contribution in [0.25, 0.3) is 0 Å². The van der Waals surface area contributed by atoms with Crippen LogP contribution in [-0.4, -0.2) is 26.6 Å². The summed E-state index contributed by atoms with van der Waals surface area (Å²) in [5.74, 6) is 0. The van der Waals surface area contributed by atoms with E-state index in [-0.39, 0.29) is 18.2 Å². The molecule has 0 aromatic heterocycles. The van der Waals surface area contributed by atoms with Crippen LogP contribution in [0.3, 0.4) is 0 Å². The molecule has 0 aliphatic heterocycles. The van der Waals surface area contributed by atoms with Crippen molar-refractivity contribution >= 4 is 69.0 Å². The van der Waals surface area contributed by atoms with E-state index < -0.39 is 0 Å². The number of hydrogen-bond acceptors (Lipinski definition) is 4.